The highest BCUT2D eigenvalue weighted by Gasteiger charge is 2.41. The van der Waals surface area contributed by atoms with E-state index in [-0.39, 0.29) is 25.4 Å². The first-order valence-electron chi connectivity index (χ1n) is 7.30. The summed E-state index contributed by atoms with van der Waals surface area (Å²) in [5.74, 6) is -2.02. The van der Waals surface area contributed by atoms with Crippen LogP contribution in [0.4, 0.5) is 29.7 Å². The van der Waals surface area contributed by atoms with E-state index in [9.17, 15) is 18.4 Å². The number of nitrogens with one attached hydrogen (secondary N) is 1. The second-order valence-electron chi connectivity index (χ2n) is 5.34. The van der Waals surface area contributed by atoms with Crippen LogP contribution in [0.2, 0.25) is 0 Å². The molecule has 11 heteroatoms. The van der Waals surface area contributed by atoms with Gasteiger partial charge in [0.2, 0.25) is 0 Å². The summed E-state index contributed by atoms with van der Waals surface area (Å²) in [7, 11) is 0. The van der Waals surface area contributed by atoms with E-state index < -0.39 is 41.8 Å². The standard InChI is InChI=1S/C14H14F2N4O4S/c15-8-3-7(4-9(16)11(8)19-1-2-23-13(19)21)20-10(5-18-6-25)12(17)24-14(20)22/h3-4,6,10,12H,1-2,5,17H2,(H,18,25). The zero-order valence-corrected chi connectivity index (χ0v) is 13.6. The molecule has 134 valence electrons. The van der Waals surface area contributed by atoms with Gasteiger partial charge in [-0.05, 0) is 0 Å². The van der Waals surface area contributed by atoms with E-state index in [0.29, 0.717) is 0 Å². The number of cyclic esters (lactones) is 2. The molecule has 2 aliphatic heterocycles. The van der Waals surface area contributed by atoms with Gasteiger partial charge in [0, 0.05) is 18.7 Å². The molecule has 2 unspecified atom stereocenters. The molecular formula is C14H14F2N4O4S. The molecule has 25 heavy (non-hydrogen) atoms. The second kappa shape index (κ2) is 6.76. The van der Waals surface area contributed by atoms with Crippen molar-refractivity contribution in [3.63, 3.8) is 0 Å². The predicted octanol–water partition coefficient (Wildman–Crippen LogP) is 1.08. The Bertz CT molecular complexity index is 712. The van der Waals surface area contributed by atoms with Gasteiger partial charge in [0.15, 0.2) is 17.9 Å². The van der Waals surface area contributed by atoms with Gasteiger partial charge in [0.25, 0.3) is 0 Å². The smallest absolute Gasteiger partial charge is 0.416 e. The molecule has 3 rings (SSSR count). The van der Waals surface area contributed by atoms with E-state index in [0.717, 1.165) is 21.9 Å². The first kappa shape index (κ1) is 17.3. The summed E-state index contributed by atoms with van der Waals surface area (Å²) in [6.45, 7) is 0.210. The first-order valence-corrected chi connectivity index (χ1v) is 7.77. The average Bonchev–Trinajstić information content (AvgIpc) is 3.07. The number of ether oxygens (including phenoxy) is 2. The Morgan fingerprint density at radius 3 is 2.56 bits per heavy atom. The lowest BCUT2D eigenvalue weighted by Gasteiger charge is -2.24. The maximum absolute atomic E-state index is 14.5. The van der Waals surface area contributed by atoms with Crippen LogP contribution in [0.15, 0.2) is 12.1 Å². The van der Waals surface area contributed by atoms with E-state index in [4.69, 9.17) is 10.5 Å². The van der Waals surface area contributed by atoms with Gasteiger partial charge in [-0.25, -0.2) is 18.4 Å². The lowest BCUT2D eigenvalue weighted by molar-refractivity contribution is 0.135. The lowest BCUT2D eigenvalue weighted by atomic mass is 10.1. The number of nitrogens with zero attached hydrogens (tertiary/aromatic N) is 2. The van der Waals surface area contributed by atoms with Gasteiger partial charge in [-0.2, -0.15) is 0 Å². The van der Waals surface area contributed by atoms with Gasteiger partial charge >= 0.3 is 12.2 Å². The lowest BCUT2D eigenvalue weighted by Crippen LogP contribution is -2.47. The van der Waals surface area contributed by atoms with Gasteiger partial charge in [-0.15, -0.1) is 0 Å². The number of carbonyl (C=O) groups excluding carboxylic acids is 2. The van der Waals surface area contributed by atoms with Crippen molar-refractivity contribution in [3.05, 3.63) is 23.8 Å². The fraction of sp³-hybridized carbons (Fsp3) is 0.357. The van der Waals surface area contributed by atoms with Crippen LogP contribution in [-0.2, 0) is 9.47 Å². The van der Waals surface area contributed by atoms with Crippen molar-refractivity contribution in [2.75, 3.05) is 29.5 Å². The first-order chi connectivity index (χ1) is 11.9. The third-order valence-corrected chi connectivity index (χ3v) is 4.03. The van der Waals surface area contributed by atoms with Gasteiger partial charge in [0.1, 0.15) is 18.3 Å². The maximum atomic E-state index is 14.5. The highest BCUT2D eigenvalue weighted by atomic mass is 32.1. The molecule has 0 bridgehead atoms. The number of thiocarbonyl (C=S) groups is 1. The van der Waals surface area contributed by atoms with Crippen molar-refractivity contribution >= 4 is 41.3 Å². The van der Waals surface area contributed by atoms with Crippen molar-refractivity contribution in [1.29, 1.82) is 0 Å². The molecule has 2 fully saturated rings. The normalized spacial score (nSPS) is 22.8. The summed E-state index contributed by atoms with van der Waals surface area (Å²) < 4.78 is 38.5. The number of benzene rings is 1. The van der Waals surface area contributed by atoms with Crippen LogP contribution in [0.1, 0.15) is 0 Å². The Morgan fingerprint density at radius 1 is 1.32 bits per heavy atom. The number of anilines is 2. The summed E-state index contributed by atoms with van der Waals surface area (Å²) in [6, 6.07) is 1.16. The summed E-state index contributed by atoms with van der Waals surface area (Å²) in [4.78, 5) is 25.4. The minimum Gasteiger partial charge on any atom is -0.447 e. The summed E-state index contributed by atoms with van der Waals surface area (Å²) >= 11 is 4.65. The topological polar surface area (TPSA) is 97.1 Å². The molecular weight excluding hydrogens is 358 g/mol. The number of carbonyl (C=O) groups is 2. The zero-order valence-electron chi connectivity index (χ0n) is 12.8. The third-order valence-electron chi connectivity index (χ3n) is 3.87. The number of hydrogen-bond donors (Lipinski definition) is 2. The highest BCUT2D eigenvalue weighted by Crippen LogP contribution is 2.33. The van der Waals surface area contributed by atoms with Crippen molar-refractivity contribution < 1.29 is 27.8 Å². The van der Waals surface area contributed by atoms with Gasteiger partial charge < -0.3 is 14.8 Å². The van der Waals surface area contributed by atoms with E-state index >= 15 is 0 Å². The quantitative estimate of drug-likeness (QED) is 0.747. The molecule has 1 aromatic carbocycles. The van der Waals surface area contributed by atoms with Crippen LogP contribution in [-0.4, -0.2) is 49.6 Å². The van der Waals surface area contributed by atoms with Crippen molar-refractivity contribution in [1.82, 2.24) is 5.32 Å². The summed E-state index contributed by atoms with van der Waals surface area (Å²) in [6.07, 6.45) is -2.67. The van der Waals surface area contributed by atoms with E-state index in [1.807, 2.05) is 0 Å². The second-order valence-corrected chi connectivity index (χ2v) is 5.57. The summed E-state index contributed by atoms with van der Waals surface area (Å²) in [5.41, 5.74) is 6.35. The van der Waals surface area contributed by atoms with Crippen LogP contribution < -0.4 is 20.9 Å². The largest absolute Gasteiger partial charge is 0.447 e. The molecule has 0 aliphatic carbocycles. The van der Waals surface area contributed by atoms with Gasteiger partial charge in [-0.3, -0.25) is 15.5 Å². The van der Waals surface area contributed by atoms with Crippen LogP contribution in [0.3, 0.4) is 0 Å². The molecule has 3 N–H and O–H groups in total. The van der Waals surface area contributed by atoms with Gasteiger partial charge in [-0.1, -0.05) is 12.2 Å². The predicted molar refractivity (Wildman–Crippen MR) is 87.4 cm³/mol. The van der Waals surface area contributed by atoms with E-state index in [1.54, 1.807) is 0 Å². The molecule has 2 saturated heterocycles. The van der Waals surface area contributed by atoms with E-state index in [2.05, 4.69) is 22.3 Å². The Kier molecular flexibility index (Phi) is 4.68. The number of nitrogens with two attached hydrogens (primary N) is 1. The monoisotopic (exact) mass is 372 g/mol. The molecule has 8 nitrogen and oxygen atoms in total. The fourth-order valence-corrected chi connectivity index (χ4v) is 2.85. The molecule has 0 saturated carbocycles. The van der Waals surface area contributed by atoms with Crippen molar-refractivity contribution in [2.45, 2.75) is 12.3 Å². The maximum Gasteiger partial charge on any atom is 0.416 e. The van der Waals surface area contributed by atoms with Crippen LogP contribution in [0.25, 0.3) is 0 Å². The minimum absolute atomic E-state index is 0.0316. The molecule has 2 heterocycles. The van der Waals surface area contributed by atoms with Crippen LogP contribution in [0.5, 0.6) is 0 Å². The van der Waals surface area contributed by atoms with Crippen molar-refractivity contribution in [3.8, 4) is 0 Å². The average molecular weight is 372 g/mol. The molecule has 2 amide bonds. The molecule has 0 radical (unpaired) electrons. The zero-order chi connectivity index (χ0) is 18.1. The third kappa shape index (κ3) is 3.07. The van der Waals surface area contributed by atoms with Gasteiger partial charge in [0.05, 0.1) is 17.7 Å². The van der Waals surface area contributed by atoms with Crippen molar-refractivity contribution in [2.24, 2.45) is 5.73 Å². The number of amides is 2. The van der Waals surface area contributed by atoms with E-state index in [1.165, 1.54) is 5.49 Å². The van der Waals surface area contributed by atoms with Crippen LogP contribution in [0, 0.1) is 11.6 Å². The molecule has 2 aliphatic rings. The molecule has 2 atom stereocenters. The fourth-order valence-electron chi connectivity index (χ4n) is 2.75. The van der Waals surface area contributed by atoms with Crippen LogP contribution >= 0.6 is 12.2 Å². The number of halogens is 2. The molecule has 1 aromatic rings. The Hall–Kier alpha value is -2.53. The molecule has 0 spiro atoms. The summed E-state index contributed by atoms with van der Waals surface area (Å²) in [5, 5.41) is 2.71. The highest BCUT2D eigenvalue weighted by molar-refractivity contribution is 7.78. The Labute approximate surface area is 146 Å². The number of rotatable bonds is 5. The minimum atomic E-state index is -1.01. The Balaban J connectivity index is 1.95. The molecule has 0 aromatic heterocycles. The SMILES string of the molecule is NC1OC(=O)N(c2cc(F)c(N3CCOC3=O)c(F)c2)C1CNC=S. The number of hydrogen-bond acceptors (Lipinski definition) is 6. The Morgan fingerprint density at radius 2 is 2.00 bits per heavy atom.